The Kier molecular flexibility index (Phi) is 9.17. The van der Waals surface area contributed by atoms with E-state index in [4.69, 9.17) is 4.74 Å². The lowest BCUT2D eigenvalue weighted by Gasteiger charge is -2.35. The lowest BCUT2D eigenvalue weighted by molar-refractivity contribution is 0.00819. The third-order valence-electron chi connectivity index (χ3n) is 5.32. The van der Waals surface area contributed by atoms with Crippen LogP contribution in [-0.2, 0) is 15.6 Å². The van der Waals surface area contributed by atoms with Crippen LogP contribution in [0.25, 0.3) is 0 Å². The molecule has 136 valence electrons. The van der Waals surface area contributed by atoms with Gasteiger partial charge in [-0.2, -0.15) is 13.2 Å². The zero-order chi connectivity index (χ0) is 16.5. The standard InChI is InChI=1S/C17H31OS.CHF3/c1-3-9-15(10-4-1)19(16-11-5-2-6-12-16)17-13-7-8-14-18-17;2-1(3)4/h15-17H,1-14H2;1H/q+1;. The molecule has 0 aromatic heterocycles. The molecule has 0 aromatic rings. The number of hydrogen-bond donors (Lipinski definition) is 0. The highest BCUT2D eigenvalue weighted by Gasteiger charge is 2.46. The molecule has 1 aliphatic heterocycles. The molecule has 5 heteroatoms. The van der Waals surface area contributed by atoms with Gasteiger partial charge in [0.15, 0.2) is 0 Å². The molecule has 23 heavy (non-hydrogen) atoms. The Hall–Kier alpha value is 0.100. The second-order valence-corrected chi connectivity index (χ2v) is 9.65. The normalized spacial score (nSPS) is 27.8. The van der Waals surface area contributed by atoms with Gasteiger partial charge < -0.3 is 4.74 Å². The van der Waals surface area contributed by atoms with Crippen LogP contribution in [0.15, 0.2) is 0 Å². The summed E-state index contributed by atoms with van der Waals surface area (Å²) in [4.78, 5) is 0. The van der Waals surface area contributed by atoms with Gasteiger partial charge in [-0.3, -0.25) is 0 Å². The van der Waals surface area contributed by atoms with Crippen molar-refractivity contribution in [1.29, 1.82) is 0 Å². The third-order valence-corrected chi connectivity index (χ3v) is 8.78. The summed E-state index contributed by atoms with van der Waals surface area (Å²) in [6, 6.07) is 0. The Morgan fingerprint density at radius 2 is 1.09 bits per heavy atom. The fourth-order valence-corrected chi connectivity index (χ4v) is 8.15. The van der Waals surface area contributed by atoms with E-state index in [1.54, 1.807) is 0 Å². The van der Waals surface area contributed by atoms with E-state index in [-0.39, 0.29) is 0 Å². The van der Waals surface area contributed by atoms with E-state index in [9.17, 15) is 13.2 Å². The molecule has 0 N–H and O–H groups in total. The molecule has 1 atom stereocenters. The van der Waals surface area contributed by atoms with Crippen LogP contribution in [0.1, 0.15) is 83.5 Å². The first-order valence-corrected chi connectivity index (χ1v) is 10.8. The third kappa shape index (κ3) is 6.85. The Labute approximate surface area is 142 Å². The number of rotatable bonds is 3. The zero-order valence-electron chi connectivity index (χ0n) is 14.2. The number of ether oxygens (including phenoxy) is 1. The van der Waals surface area contributed by atoms with E-state index < -0.39 is 6.68 Å². The maximum atomic E-state index is 9.67. The monoisotopic (exact) mass is 353 g/mol. The van der Waals surface area contributed by atoms with Gasteiger partial charge in [-0.1, -0.05) is 12.8 Å². The van der Waals surface area contributed by atoms with Crippen molar-refractivity contribution in [3.8, 4) is 0 Å². The Bertz CT molecular complexity index is 253. The number of hydrogen-bond acceptors (Lipinski definition) is 1. The molecule has 2 saturated carbocycles. The van der Waals surface area contributed by atoms with E-state index in [1.807, 2.05) is 0 Å². The highest BCUT2D eigenvalue weighted by Crippen LogP contribution is 2.38. The van der Waals surface area contributed by atoms with Crippen LogP contribution in [0.4, 0.5) is 13.2 Å². The molecule has 0 spiro atoms. The summed E-state index contributed by atoms with van der Waals surface area (Å²) in [6.45, 7) is -2.62. The average molecular weight is 354 g/mol. The molecule has 0 bridgehead atoms. The van der Waals surface area contributed by atoms with Crippen LogP contribution in [0.3, 0.4) is 0 Å². The smallest absolute Gasteiger partial charge is 0.334 e. The van der Waals surface area contributed by atoms with Gasteiger partial charge in [0.05, 0.1) is 6.61 Å². The highest BCUT2D eigenvalue weighted by atomic mass is 32.2. The van der Waals surface area contributed by atoms with Gasteiger partial charge in [0.1, 0.15) is 10.5 Å². The van der Waals surface area contributed by atoms with Crippen molar-refractivity contribution in [3.63, 3.8) is 0 Å². The second kappa shape index (κ2) is 10.9. The van der Waals surface area contributed by atoms with E-state index in [0.717, 1.165) is 17.1 Å². The summed E-state index contributed by atoms with van der Waals surface area (Å²) in [5.41, 5.74) is 0.653. The largest absolute Gasteiger partial charge is 0.379 e. The molecule has 3 aliphatic rings. The van der Waals surface area contributed by atoms with E-state index in [2.05, 4.69) is 0 Å². The molecule has 1 heterocycles. The summed E-state index contributed by atoms with van der Waals surface area (Å²) in [5, 5.41) is 2.06. The SMILES string of the molecule is C1CCC([S+](C2CCCCC2)C2CCCCO2)CC1.FC(F)F. The predicted molar refractivity (Wildman–Crippen MR) is 91.8 cm³/mol. The van der Waals surface area contributed by atoms with Crippen LogP contribution in [0.5, 0.6) is 0 Å². The molecule has 1 saturated heterocycles. The molecule has 1 nitrogen and oxygen atoms in total. The lowest BCUT2D eigenvalue weighted by Crippen LogP contribution is -2.44. The van der Waals surface area contributed by atoms with Crippen LogP contribution >= 0.6 is 0 Å². The minimum absolute atomic E-state index is 0.594. The van der Waals surface area contributed by atoms with Crippen LogP contribution in [-0.4, -0.2) is 29.2 Å². The first-order valence-electron chi connectivity index (χ1n) is 9.43. The Morgan fingerprint density at radius 3 is 1.48 bits per heavy atom. The number of halogens is 3. The number of alkyl halides is 3. The lowest BCUT2D eigenvalue weighted by atomic mass is 10.00. The van der Waals surface area contributed by atoms with Crippen molar-refractivity contribution in [1.82, 2.24) is 0 Å². The van der Waals surface area contributed by atoms with Crippen molar-refractivity contribution in [3.05, 3.63) is 0 Å². The molecule has 3 fully saturated rings. The predicted octanol–water partition coefficient (Wildman–Crippen LogP) is 5.98. The van der Waals surface area contributed by atoms with Gasteiger partial charge >= 0.3 is 6.68 Å². The molecular weight excluding hydrogens is 321 g/mol. The van der Waals surface area contributed by atoms with E-state index in [0.29, 0.717) is 16.3 Å². The maximum Gasteiger partial charge on any atom is 0.379 e. The summed E-state index contributed by atoms with van der Waals surface area (Å²) < 4.78 is 35.3. The van der Waals surface area contributed by atoms with Crippen LogP contribution in [0, 0.1) is 0 Å². The summed E-state index contributed by atoms with van der Waals surface area (Å²) in [5.74, 6) is 0. The first kappa shape index (κ1) is 19.4. The van der Waals surface area contributed by atoms with Crippen molar-refractivity contribution < 1.29 is 17.9 Å². The van der Waals surface area contributed by atoms with Crippen molar-refractivity contribution in [2.45, 2.75) is 106 Å². The molecule has 0 amide bonds. The van der Waals surface area contributed by atoms with E-state index in [1.165, 1.54) is 83.5 Å². The summed E-state index contributed by atoms with van der Waals surface area (Å²) in [6.07, 6.45) is 19.1. The Balaban J connectivity index is 0.000000433. The molecule has 1 unspecified atom stereocenters. The maximum absolute atomic E-state index is 9.67. The average Bonchev–Trinajstić information content (AvgIpc) is 2.58. The Morgan fingerprint density at radius 1 is 0.652 bits per heavy atom. The second-order valence-electron chi connectivity index (χ2n) is 6.97. The van der Waals surface area contributed by atoms with Crippen LogP contribution < -0.4 is 0 Å². The fraction of sp³-hybridized carbons (Fsp3) is 1.00. The minimum atomic E-state index is -3.67. The van der Waals surface area contributed by atoms with Gasteiger partial charge in [-0.05, 0) is 64.2 Å². The first-order chi connectivity index (χ1) is 11.2. The molecular formula is C18H32F3OS+. The van der Waals surface area contributed by atoms with Gasteiger partial charge in [-0.15, -0.1) is 0 Å². The van der Waals surface area contributed by atoms with Crippen molar-refractivity contribution in [2.75, 3.05) is 6.61 Å². The van der Waals surface area contributed by atoms with Crippen LogP contribution in [0.2, 0.25) is 0 Å². The van der Waals surface area contributed by atoms with Gasteiger partial charge in [0.2, 0.25) is 5.44 Å². The van der Waals surface area contributed by atoms with Gasteiger partial charge in [-0.25, -0.2) is 0 Å². The minimum Gasteiger partial charge on any atom is -0.334 e. The van der Waals surface area contributed by atoms with Gasteiger partial charge in [0.25, 0.3) is 0 Å². The molecule has 0 radical (unpaired) electrons. The van der Waals surface area contributed by atoms with Gasteiger partial charge in [0, 0.05) is 17.3 Å². The zero-order valence-corrected chi connectivity index (χ0v) is 15.0. The molecule has 0 aromatic carbocycles. The molecule has 3 rings (SSSR count). The summed E-state index contributed by atoms with van der Waals surface area (Å²) >= 11 is 0. The molecule has 2 aliphatic carbocycles. The highest BCUT2D eigenvalue weighted by molar-refractivity contribution is 7.98. The van der Waals surface area contributed by atoms with Crippen molar-refractivity contribution >= 4 is 10.9 Å². The van der Waals surface area contributed by atoms with E-state index >= 15 is 0 Å². The topological polar surface area (TPSA) is 9.23 Å². The van der Waals surface area contributed by atoms with Crippen molar-refractivity contribution in [2.24, 2.45) is 0 Å². The summed E-state index contributed by atoms with van der Waals surface area (Å²) in [7, 11) is 0.594. The fourth-order valence-electron chi connectivity index (χ4n) is 4.30. The quantitative estimate of drug-likeness (QED) is 0.568.